The van der Waals surface area contributed by atoms with E-state index >= 15 is 0 Å². The van der Waals surface area contributed by atoms with Crippen molar-refractivity contribution >= 4 is 59.0 Å². The van der Waals surface area contributed by atoms with Gasteiger partial charge in [-0.2, -0.15) is 0 Å². The molecule has 38 heavy (non-hydrogen) atoms. The molecule has 0 fully saturated rings. The molecule has 0 unspecified atom stereocenters. The van der Waals surface area contributed by atoms with E-state index in [1.54, 1.807) is 0 Å². The highest BCUT2D eigenvalue weighted by Crippen LogP contribution is 2.52. The Morgan fingerprint density at radius 2 is 1.50 bits per heavy atom. The van der Waals surface area contributed by atoms with Gasteiger partial charge in [-0.1, -0.05) is 80.6 Å². The molecule has 0 atom stereocenters. The Labute approximate surface area is 223 Å². The highest BCUT2D eigenvalue weighted by atomic mass is 32.1. The van der Waals surface area contributed by atoms with Crippen LogP contribution < -0.4 is 0 Å². The number of nitrogens with zero attached hydrogens (tertiary/aromatic N) is 3. The van der Waals surface area contributed by atoms with E-state index in [1.165, 1.54) is 58.8 Å². The lowest BCUT2D eigenvalue weighted by Crippen LogP contribution is -2.14. The first-order chi connectivity index (χ1) is 18.6. The largest absolute Gasteiger partial charge is 0.283 e. The molecule has 1 aliphatic carbocycles. The molecule has 9 rings (SSSR count). The first-order valence-electron chi connectivity index (χ1n) is 13.1. The minimum atomic E-state index is -0.0393. The van der Waals surface area contributed by atoms with Gasteiger partial charge in [0, 0.05) is 37.7 Å². The van der Waals surface area contributed by atoms with Crippen LogP contribution in [0.25, 0.3) is 64.6 Å². The van der Waals surface area contributed by atoms with Crippen LogP contribution >= 0.6 is 11.3 Å². The maximum Gasteiger partial charge on any atom is 0.161 e. The lowest BCUT2D eigenvalue weighted by atomic mass is 9.82. The van der Waals surface area contributed by atoms with Crippen molar-refractivity contribution in [1.82, 2.24) is 14.2 Å². The third kappa shape index (κ3) is 2.46. The minimum Gasteiger partial charge on any atom is -0.283 e. The van der Waals surface area contributed by atoms with Gasteiger partial charge in [-0.3, -0.25) is 4.57 Å². The molecule has 0 saturated heterocycles. The quantitative estimate of drug-likeness (QED) is 0.218. The molecule has 8 aromatic rings. The molecule has 1 aliphatic rings. The molecule has 4 aromatic carbocycles. The van der Waals surface area contributed by atoms with Gasteiger partial charge in [0.1, 0.15) is 4.83 Å². The van der Waals surface area contributed by atoms with Crippen LogP contribution in [0.3, 0.4) is 0 Å². The fourth-order valence-corrected chi connectivity index (χ4v) is 7.95. The van der Waals surface area contributed by atoms with Gasteiger partial charge in [-0.25, -0.2) is 4.52 Å². The molecule has 4 aromatic heterocycles. The zero-order valence-corrected chi connectivity index (χ0v) is 21.9. The highest BCUT2D eigenvalue weighted by molar-refractivity contribution is 7.25. The van der Waals surface area contributed by atoms with Gasteiger partial charge in [-0.05, 0) is 52.6 Å². The number of aromatic nitrogens is 3. The number of pyridine rings is 1. The average Bonchev–Trinajstić information content (AvgIpc) is 3.66. The van der Waals surface area contributed by atoms with Crippen LogP contribution in [0.4, 0.5) is 0 Å². The van der Waals surface area contributed by atoms with Gasteiger partial charge in [0.25, 0.3) is 0 Å². The Morgan fingerprint density at radius 3 is 2.45 bits per heavy atom. The Balaban J connectivity index is 1.45. The van der Waals surface area contributed by atoms with Gasteiger partial charge >= 0.3 is 0 Å². The molecule has 4 heteroatoms. The van der Waals surface area contributed by atoms with Gasteiger partial charge in [0.2, 0.25) is 0 Å². The zero-order chi connectivity index (χ0) is 25.2. The summed E-state index contributed by atoms with van der Waals surface area (Å²) in [6, 6.07) is 37.6. The van der Waals surface area contributed by atoms with Crippen molar-refractivity contribution < 1.29 is 0 Å². The van der Waals surface area contributed by atoms with E-state index in [4.69, 9.17) is 5.10 Å². The standard InChI is InChI=1S/C34H23N3S/c1-34(2)26-12-6-4-10-22(26)24-19-29-25(18-27(24)34)32-23-11-5-8-14-30(23)38-33(32)36(29)31-17-21-16-15-20-9-3-7-13-28(20)37(21)35-31/h3-19H,1-2H3. The molecular weight excluding hydrogens is 482 g/mol. The summed E-state index contributed by atoms with van der Waals surface area (Å²) in [6.45, 7) is 4.72. The fourth-order valence-electron chi connectivity index (χ4n) is 6.71. The molecule has 0 saturated carbocycles. The summed E-state index contributed by atoms with van der Waals surface area (Å²) in [4.78, 5) is 1.25. The predicted octanol–water partition coefficient (Wildman–Crippen LogP) is 9.11. The van der Waals surface area contributed by atoms with Crippen LogP contribution in [-0.2, 0) is 5.41 Å². The van der Waals surface area contributed by atoms with E-state index < -0.39 is 0 Å². The normalized spacial score (nSPS) is 14.3. The molecular formula is C34H23N3S. The van der Waals surface area contributed by atoms with Crippen LogP contribution in [0.1, 0.15) is 25.0 Å². The van der Waals surface area contributed by atoms with Crippen LogP contribution in [-0.4, -0.2) is 14.2 Å². The molecule has 3 nitrogen and oxygen atoms in total. The summed E-state index contributed by atoms with van der Waals surface area (Å²) in [5, 5.41) is 10.4. The van der Waals surface area contributed by atoms with Crippen molar-refractivity contribution in [2.24, 2.45) is 0 Å². The van der Waals surface area contributed by atoms with Crippen LogP contribution in [0.2, 0.25) is 0 Å². The van der Waals surface area contributed by atoms with E-state index in [9.17, 15) is 0 Å². The van der Waals surface area contributed by atoms with Crippen LogP contribution in [0.15, 0.2) is 103 Å². The number of benzene rings is 4. The fraction of sp³-hybridized carbons (Fsp3) is 0.0882. The Hall–Kier alpha value is -4.41. The highest BCUT2D eigenvalue weighted by Gasteiger charge is 2.36. The summed E-state index contributed by atoms with van der Waals surface area (Å²) in [5.41, 5.74) is 8.89. The van der Waals surface area contributed by atoms with Gasteiger partial charge in [0.15, 0.2) is 5.82 Å². The minimum absolute atomic E-state index is 0.0393. The maximum absolute atomic E-state index is 5.21. The van der Waals surface area contributed by atoms with Gasteiger partial charge in [0.05, 0.1) is 16.6 Å². The molecule has 0 bridgehead atoms. The number of fused-ring (bicyclic) bond motifs is 11. The van der Waals surface area contributed by atoms with Crippen molar-refractivity contribution in [3.8, 4) is 16.9 Å². The first-order valence-corrected chi connectivity index (χ1v) is 13.9. The Morgan fingerprint density at radius 1 is 0.684 bits per heavy atom. The van der Waals surface area contributed by atoms with Gasteiger partial charge in [-0.15, -0.1) is 16.4 Å². The van der Waals surface area contributed by atoms with Crippen LogP contribution in [0, 0.1) is 0 Å². The van der Waals surface area contributed by atoms with Crippen molar-refractivity contribution in [1.29, 1.82) is 0 Å². The first kappa shape index (κ1) is 20.6. The Bertz CT molecular complexity index is 2270. The molecule has 0 spiro atoms. The second kappa shape index (κ2) is 6.91. The number of para-hydroxylation sites is 1. The molecule has 4 heterocycles. The molecule has 0 aliphatic heterocycles. The summed E-state index contributed by atoms with van der Waals surface area (Å²) in [5.74, 6) is 0.957. The van der Waals surface area contributed by atoms with Crippen molar-refractivity contribution in [2.45, 2.75) is 19.3 Å². The SMILES string of the molecule is CC1(C)c2ccccc2-c2cc3c(cc21)c1c2ccccc2sc1n3-c1cc2ccc3ccccc3n2n1. The van der Waals surface area contributed by atoms with E-state index in [-0.39, 0.29) is 5.41 Å². The molecule has 0 amide bonds. The maximum atomic E-state index is 5.21. The summed E-state index contributed by atoms with van der Waals surface area (Å²) < 4.78 is 5.79. The third-order valence-corrected chi connectivity index (χ3v) is 9.70. The van der Waals surface area contributed by atoms with Gasteiger partial charge < -0.3 is 0 Å². The molecule has 180 valence electrons. The number of hydrogen-bond donors (Lipinski definition) is 0. The average molecular weight is 506 g/mol. The van der Waals surface area contributed by atoms with Crippen LogP contribution in [0.5, 0.6) is 0 Å². The van der Waals surface area contributed by atoms with Crippen molar-refractivity contribution in [3.05, 3.63) is 114 Å². The van der Waals surface area contributed by atoms with E-state index in [0.717, 1.165) is 16.9 Å². The lowest BCUT2D eigenvalue weighted by Gasteiger charge is -2.21. The van der Waals surface area contributed by atoms with E-state index in [2.05, 4.69) is 126 Å². The summed E-state index contributed by atoms with van der Waals surface area (Å²) in [7, 11) is 0. The summed E-state index contributed by atoms with van der Waals surface area (Å²) >= 11 is 1.86. The van der Waals surface area contributed by atoms with E-state index in [1.807, 2.05) is 11.3 Å². The number of rotatable bonds is 1. The number of thiophene rings is 1. The monoisotopic (exact) mass is 505 g/mol. The third-order valence-electron chi connectivity index (χ3n) is 8.54. The molecule has 0 N–H and O–H groups in total. The van der Waals surface area contributed by atoms with Crippen molar-refractivity contribution in [3.63, 3.8) is 0 Å². The number of hydrogen-bond acceptors (Lipinski definition) is 2. The topological polar surface area (TPSA) is 22.2 Å². The second-order valence-electron chi connectivity index (χ2n) is 10.9. The van der Waals surface area contributed by atoms with E-state index in [0.29, 0.717) is 0 Å². The zero-order valence-electron chi connectivity index (χ0n) is 21.1. The second-order valence-corrected chi connectivity index (χ2v) is 12.0. The predicted molar refractivity (Wildman–Crippen MR) is 160 cm³/mol. The molecule has 0 radical (unpaired) electrons. The van der Waals surface area contributed by atoms with Crippen molar-refractivity contribution in [2.75, 3.05) is 0 Å². The summed E-state index contributed by atoms with van der Waals surface area (Å²) in [6.07, 6.45) is 0. The Kier molecular flexibility index (Phi) is 3.75. The smallest absolute Gasteiger partial charge is 0.161 e. The lowest BCUT2D eigenvalue weighted by molar-refractivity contribution is 0.661.